The second kappa shape index (κ2) is 5.90. The molecule has 1 aliphatic heterocycles. The van der Waals surface area contributed by atoms with Gasteiger partial charge in [-0.3, -0.25) is 9.59 Å². The van der Waals surface area contributed by atoms with Crippen LogP contribution < -0.4 is 0 Å². The van der Waals surface area contributed by atoms with Crippen LogP contribution in [0.25, 0.3) is 0 Å². The van der Waals surface area contributed by atoms with Crippen LogP contribution >= 0.6 is 0 Å². The fourth-order valence-electron chi connectivity index (χ4n) is 3.29. The average Bonchev–Trinajstić information content (AvgIpc) is 2.74. The van der Waals surface area contributed by atoms with Crippen LogP contribution in [0, 0.1) is 5.41 Å². The number of carbonyl (C=O) groups excluding carboxylic acids is 1. The number of hydrogen-bond donors (Lipinski definition) is 1. The van der Waals surface area contributed by atoms with Gasteiger partial charge in [0.25, 0.3) is 0 Å². The number of carboxylic acids is 1. The molecule has 0 spiro atoms. The van der Waals surface area contributed by atoms with Crippen LogP contribution in [-0.4, -0.2) is 48.2 Å². The van der Waals surface area contributed by atoms with Crippen molar-refractivity contribution in [1.29, 1.82) is 0 Å². The highest BCUT2D eigenvalue weighted by molar-refractivity contribution is 5.84. The van der Waals surface area contributed by atoms with Gasteiger partial charge in [0.15, 0.2) is 0 Å². The van der Waals surface area contributed by atoms with Gasteiger partial charge in [-0.2, -0.15) is 0 Å². The van der Waals surface area contributed by atoms with Gasteiger partial charge in [-0.1, -0.05) is 6.42 Å². The molecule has 0 radical (unpaired) electrons. The molecule has 1 unspecified atom stereocenters. The van der Waals surface area contributed by atoms with Gasteiger partial charge < -0.3 is 14.7 Å². The highest BCUT2D eigenvalue weighted by Gasteiger charge is 2.48. The number of ether oxygens (including phenoxy) is 1. The number of hydrogen-bond acceptors (Lipinski definition) is 3. The van der Waals surface area contributed by atoms with Crippen LogP contribution in [0.4, 0.5) is 0 Å². The van der Waals surface area contributed by atoms with Crippen molar-refractivity contribution in [2.24, 2.45) is 5.41 Å². The SMILES string of the molecule is COCCC1(C(=O)N2CCCC2CC(=O)O)CCC1. The normalized spacial score (nSPS) is 25.1. The van der Waals surface area contributed by atoms with E-state index < -0.39 is 5.97 Å². The molecule has 2 fully saturated rings. The van der Waals surface area contributed by atoms with E-state index in [9.17, 15) is 9.59 Å². The van der Waals surface area contributed by atoms with Crippen molar-refractivity contribution in [2.45, 2.75) is 51.0 Å². The first-order chi connectivity index (χ1) is 9.09. The Hall–Kier alpha value is -1.10. The van der Waals surface area contributed by atoms with E-state index >= 15 is 0 Å². The van der Waals surface area contributed by atoms with Crippen molar-refractivity contribution < 1.29 is 19.4 Å². The first kappa shape index (κ1) is 14.3. The first-order valence-corrected chi connectivity index (χ1v) is 7.11. The summed E-state index contributed by atoms with van der Waals surface area (Å²) in [7, 11) is 1.65. The van der Waals surface area contributed by atoms with Gasteiger partial charge >= 0.3 is 5.97 Å². The fraction of sp³-hybridized carbons (Fsp3) is 0.857. The number of carbonyl (C=O) groups is 2. The third-order valence-corrected chi connectivity index (χ3v) is 4.60. The summed E-state index contributed by atoms with van der Waals surface area (Å²) in [5, 5.41) is 8.93. The van der Waals surface area contributed by atoms with Crippen molar-refractivity contribution in [3.63, 3.8) is 0 Å². The molecular formula is C14H23NO4. The van der Waals surface area contributed by atoms with Gasteiger partial charge in [0.1, 0.15) is 0 Å². The van der Waals surface area contributed by atoms with Gasteiger partial charge in [0, 0.05) is 26.3 Å². The molecule has 1 amide bonds. The maximum Gasteiger partial charge on any atom is 0.305 e. The van der Waals surface area contributed by atoms with Crippen LogP contribution in [0.15, 0.2) is 0 Å². The fourth-order valence-corrected chi connectivity index (χ4v) is 3.29. The number of aliphatic carboxylic acids is 1. The van der Waals surface area contributed by atoms with Gasteiger partial charge in [-0.05, 0) is 32.1 Å². The minimum absolute atomic E-state index is 0.0755. The van der Waals surface area contributed by atoms with E-state index in [0.717, 1.165) is 38.5 Å². The lowest BCUT2D eigenvalue weighted by atomic mass is 9.65. The van der Waals surface area contributed by atoms with Crippen LogP contribution in [0.3, 0.4) is 0 Å². The lowest BCUT2D eigenvalue weighted by Gasteiger charge is -2.44. The number of carboxylic acid groups (broad SMARTS) is 1. The quantitative estimate of drug-likeness (QED) is 0.796. The zero-order chi connectivity index (χ0) is 13.9. The predicted octanol–water partition coefficient (Wildman–Crippen LogP) is 1.66. The highest BCUT2D eigenvalue weighted by Crippen LogP contribution is 2.46. The molecule has 0 aromatic rings. The molecule has 108 valence electrons. The number of amides is 1. The lowest BCUT2D eigenvalue weighted by molar-refractivity contribution is -0.151. The molecule has 5 nitrogen and oxygen atoms in total. The molecule has 1 saturated carbocycles. The molecule has 2 rings (SSSR count). The standard InChI is InChI=1S/C14H23NO4/c1-19-9-7-14(5-3-6-14)13(18)15-8-2-4-11(15)10-12(16)17/h11H,2-10H2,1H3,(H,16,17). The number of methoxy groups -OCH3 is 1. The molecular weight excluding hydrogens is 246 g/mol. The average molecular weight is 269 g/mol. The monoisotopic (exact) mass is 269 g/mol. The Morgan fingerprint density at radius 3 is 2.63 bits per heavy atom. The van der Waals surface area contributed by atoms with Crippen molar-refractivity contribution >= 4 is 11.9 Å². The van der Waals surface area contributed by atoms with E-state index in [1.807, 2.05) is 4.90 Å². The Balaban J connectivity index is 2.02. The maximum atomic E-state index is 12.7. The molecule has 5 heteroatoms. The Morgan fingerprint density at radius 2 is 2.11 bits per heavy atom. The molecule has 0 bridgehead atoms. The molecule has 1 saturated heterocycles. The van der Waals surface area contributed by atoms with Gasteiger partial charge in [0.2, 0.25) is 5.91 Å². The van der Waals surface area contributed by atoms with Crippen LogP contribution in [0.1, 0.15) is 44.9 Å². The Bertz CT molecular complexity index is 351. The van der Waals surface area contributed by atoms with Crippen LogP contribution in [-0.2, 0) is 14.3 Å². The second-order valence-electron chi connectivity index (χ2n) is 5.77. The lowest BCUT2D eigenvalue weighted by Crippen LogP contribution is -2.50. The third kappa shape index (κ3) is 2.91. The van der Waals surface area contributed by atoms with Crippen molar-refractivity contribution in [1.82, 2.24) is 4.90 Å². The van der Waals surface area contributed by atoms with Gasteiger partial charge in [0.05, 0.1) is 11.8 Å². The summed E-state index contributed by atoms with van der Waals surface area (Å²) in [5.74, 6) is -0.649. The highest BCUT2D eigenvalue weighted by atomic mass is 16.5. The van der Waals surface area contributed by atoms with Crippen molar-refractivity contribution in [2.75, 3.05) is 20.3 Å². The molecule has 1 atom stereocenters. The predicted molar refractivity (Wildman–Crippen MR) is 69.8 cm³/mol. The summed E-state index contributed by atoms with van der Waals surface area (Å²) in [6.07, 6.45) is 5.51. The molecule has 1 heterocycles. The minimum Gasteiger partial charge on any atom is -0.481 e. The summed E-state index contributed by atoms with van der Waals surface area (Å²) in [6.45, 7) is 1.31. The summed E-state index contributed by atoms with van der Waals surface area (Å²) in [4.78, 5) is 25.4. The molecule has 0 aromatic carbocycles. The van der Waals surface area contributed by atoms with Crippen molar-refractivity contribution in [3.05, 3.63) is 0 Å². The zero-order valence-corrected chi connectivity index (χ0v) is 11.6. The van der Waals surface area contributed by atoms with E-state index in [2.05, 4.69) is 0 Å². The Kier molecular flexibility index (Phi) is 4.45. The van der Waals surface area contributed by atoms with Crippen molar-refractivity contribution in [3.8, 4) is 0 Å². The largest absolute Gasteiger partial charge is 0.481 e. The minimum atomic E-state index is -0.816. The van der Waals surface area contributed by atoms with E-state index in [-0.39, 0.29) is 23.8 Å². The van der Waals surface area contributed by atoms with Crippen LogP contribution in [0.5, 0.6) is 0 Å². The van der Waals surface area contributed by atoms with E-state index in [1.54, 1.807) is 7.11 Å². The second-order valence-corrected chi connectivity index (χ2v) is 5.77. The summed E-state index contributed by atoms with van der Waals surface area (Å²) in [5.41, 5.74) is -0.267. The van der Waals surface area contributed by atoms with E-state index in [1.165, 1.54) is 0 Å². The van der Waals surface area contributed by atoms with E-state index in [4.69, 9.17) is 9.84 Å². The summed E-state index contributed by atoms with van der Waals surface area (Å²) in [6, 6.07) is -0.106. The summed E-state index contributed by atoms with van der Waals surface area (Å²) < 4.78 is 5.11. The molecule has 19 heavy (non-hydrogen) atoms. The van der Waals surface area contributed by atoms with E-state index in [0.29, 0.717) is 13.2 Å². The first-order valence-electron chi connectivity index (χ1n) is 7.11. The number of nitrogens with zero attached hydrogens (tertiary/aromatic N) is 1. The third-order valence-electron chi connectivity index (χ3n) is 4.60. The Labute approximate surface area is 113 Å². The maximum absolute atomic E-state index is 12.7. The molecule has 1 aliphatic carbocycles. The summed E-state index contributed by atoms with van der Waals surface area (Å²) >= 11 is 0. The number of likely N-dealkylation sites (tertiary alicyclic amines) is 1. The van der Waals surface area contributed by atoms with Gasteiger partial charge in [-0.15, -0.1) is 0 Å². The topological polar surface area (TPSA) is 66.8 Å². The van der Waals surface area contributed by atoms with Gasteiger partial charge in [-0.25, -0.2) is 0 Å². The molecule has 1 N–H and O–H groups in total. The Morgan fingerprint density at radius 1 is 1.37 bits per heavy atom. The van der Waals surface area contributed by atoms with Crippen LogP contribution in [0.2, 0.25) is 0 Å². The molecule has 2 aliphatic rings. The zero-order valence-electron chi connectivity index (χ0n) is 11.6. The smallest absolute Gasteiger partial charge is 0.305 e. The molecule has 0 aromatic heterocycles. The number of rotatable bonds is 6.